The summed E-state index contributed by atoms with van der Waals surface area (Å²) in [4.78, 5) is 16.0. The molecule has 8 heteroatoms. The van der Waals surface area contributed by atoms with E-state index in [1.165, 1.54) is 10.9 Å². The van der Waals surface area contributed by atoms with Crippen LogP contribution in [0.4, 0.5) is 8.78 Å². The molecule has 0 unspecified atom stereocenters. The van der Waals surface area contributed by atoms with Gasteiger partial charge in [-0.15, -0.1) is 11.3 Å². The zero-order valence-corrected chi connectivity index (χ0v) is 18.8. The van der Waals surface area contributed by atoms with Crippen LogP contribution in [0.3, 0.4) is 0 Å². The highest BCUT2D eigenvalue weighted by atomic mass is 32.1. The van der Waals surface area contributed by atoms with E-state index in [1.807, 2.05) is 31.4 Å². The Bertz CT molecular complexity index is 1030. The molecule has 0 aliphatic rings. The van der Waals surface area contributed by atoms with Gasteiger partial charge in [0.1, 0.15) is 0 Å². The molecule has 1 aromatic carbocycles. The lowest BCUT2D eigenvalue weighted by atomic mass is 10.1. The quantitative estimate of drug-likeness (QED) is 0.435. The molecule has 0 bridgehead atoms. The second-order valence-electron chi connectivity index (χ2n) is 7.20. The van der Waals surface area contributed by atoms with Gasteiger partial charge in [0, 0.05) is 29.9 Å². The van der Waals surface area contributed by atoms with Crippen LogP contribution in [0.5, 0.6) is 11.5 Å². The molecule has 2 aromatic heterocycles. The maximum Gasteiger partial charge on any atom is 0.387 e. The average molecular weight is 449 g/mol. The molecule has 3 rings (SSSR count). The molecule has 0 saturated heterocycles. The molecule has 1 amide bonds. The smallest absolute Gasteiger partial charge is 0.387 e. The molecule has 0 atom stereocenters. The van der Waals surface area contributed by atoms with Gasteiger partial charge in [-0.25, -0.2) is 0 Å². The number of hydrogen-bond donors (Lipinski definition) is 0. The number of benzene rings is 1. The second kappa shape index (κ2) is 9.96. The van der Waals surface area contributed by atoms with Crippen molar-refractivity contribution in [1.29, 1.82) is 0 Å². The van der Waals surface area contributed by atoms with Crippen LogP contribution < -0.4 is 9.47 Å². The molecule has 0 radical (unpaired) electrons. The van der Waals surface area contributed by atoms with Crippen molar-refractivity contribution >= 4 is 17.2 Å². The summed E-state index contributed by atoms with van der Waals surface area (Å²) in [5.41, 5.74) is 3.35. The first-order valence-electron chi connectivity index (χ1n) is 9.95. The van der Waals surface area contributed by atoms with Crippen LogP contribution in [0.2, 0.25) is 0 Å². The lowest BCUT2D eigenvalue weighted by molar-refractivity contribution is -0.0514. The van der Waals surface area contributed by atoms with Gasteiger partial charge in [0.05, 0.1) is 18.7 Å². The van der Waals surface area contributed by atoms with Gasteiger partial charge in [0.2, 0.25) is 0 Å². The van der Waals surface area contributed by atoms with Crippen LogP contribution in [-0.2, 0) is 13.1 Å². The van der Waals surface area contributed by atoms with Gasteiger partial charge in [-0.1, -0.05) is 12.1 Å². The normalized spacial score (nSPS) is 11.1. The van der Waals surface area contributed by atoms with E-state index in [4.69, 9.17) is 4.74 Å². The number of rotatable bonds is 9. The van der Waals surface area contributed by atoms with Crippen LogP contribution in [0.1, 0.15) is 39.1 Å². The Balaban J connectivity index is 1.77. The summed E-state index contributed by atoms with van der Waals surface area (Å²) in [6.07, 6.45) is 0. The first kappa shape index (κ1) is 22.8. The van der Waals surface area contributed by atoms with E-state index in [1.54, 1.807) is 42.3 Å². The summed E-state index contributed by atoms with van der Waals surface area (Å²) in [6, 6.07) is 10.7. The van der Waals surface area contributed by atoms with Gasteiger partial charge in [-0.05, 0) is 56.0 Å². The number of carbonyl (C=O) groups is 1. The SMILES string of the molecule is CCOc1cc(CN(C)C(=O)c2cc(C)n(Cc3cccs3)c2C)ccc1OC(F)F. The Hall–Kier alpha value is -2.87. The van der Waals surface area contributed by atoms with Gasteiger partial charge in [-0.3, -0.25) is 4.79 Å². The third-order valence-electron chi connectivity index (χ3n) is 4.99. The van der Waals surface area contributed by atoms with Crippen LogP contribution in [-0.4, -0.2) is 35.6 Å². The number of amides is 1. The topological polar surface area (TPSA) is 43.7 Å². The highest BCUT2D eigenvalue weighted by molar-refractivity contribution is 7.09. The number of ether oxygens (including phenoxy) is 2. The predicted molar refractivity (Wildman–Crippen MR) is 117 cm³/mol. The van der Waals surface area contributed by atoms with E-state index in [0.717, 1.165) is 23.5 Å². The van der Waals surface area contributed by atoms with E-state index >= 15 is 0 Å². The summed E-state index contributed by atoms with van der Waals surface area (Å²) in [7, 11) is 1.72. The molecule has 0 spiro atoms. The van der Waals surface area contributed by atoms with Crippen LogP contribution in [0.15, 0.2) is 41.8 Å². The second-order valence-corrected chi connectivity index (χ2v) is 8.24. The molecule has 0 fully saturated rings. The maximum absolute atomic E-state index is 13.1. The van der Waals surface area contributed by atoms with E-state index in [0.29, 0.717) is 18.7 Å². The van der Waals surface area contributed by atoms with Crippen LogP contribution in [0.25, 0.3) is 0 Å². The first-order chi connectivity index (χ1) is 14.8. The molecule has 2 heterocycles. The van der Waals surface area contributed by atoms with Crippen LogP contribution in [0, 0.1) is 13.8 Å². The van der Waals surface area contributed by atoms with Gasteiger partial charge < -0.3 is 18.9 Å². The molecule has 0 N–H and O–H groups in total. The average Bonchev–Trinajstić information content (AvgIpc) is 3.33. The van der Waals surface area contributed by atoms with Crippen molar-refractivity contribution in [2.24, 2.45) is 0 Å². The third-order valence-corrected chi connectivity index (χ3v) is 5.85. The number of aromatic nitrogens is 1. The van der Waals surface area contributed by atoms with E-state index < -0.39 is 6.61 Å². The summed E-state index contributed by atoms with van der Waals surface area (Å²) >= 11 is 1.69. The molecule has 166 valence electrons. The molecule has 0 saturated carbocycles. The molecule has 31 heavy (non-hydrogen) atoms. The van der Waals surface area contributed by atoms with Crippen molar-refractivity contribution in [2.45, 2.75) is 40.5 Å². The summed E-state index contributed by atoms with van der Waals surface area (Å²) in [5.74, 6) is 0.110. The molecule has 0 aliphatic carbocycles. The van der Waals surface area contributed by atoms with Gasteiger partial charge in [0.15, 0.2) is 11.5 Å². The lowest BCUT2D eigenvalue weighted by Gasteiger charge is -2.19. The van der Waals surface area contributed by atoms with Crippen molar-refractivity contribution in [1.82, 2.24) is 9.47 Å². The number of aryl methyl sites for hydroxylation is 1. The standard InChI is InChI=1S/C23H26F2N2O3S/c1-5-29-21-12-17(8-9-20(21)30-23(24)25)13-26(4)22(28)19-11-15(2)27(16(19)3)14-18-7-6-10-31-18/h6-12,23H,5,13-14H2,1-4H3. The molecule has 5 nitrogen and oxygen atoms in total. The number of nitrogens with zero attached hydrogens (tertiary/aromatic N) is 2. The largest absolute Gasteiger partial charge is 0.490 e. The zero-order valence-electron chi connectivity index (χ0n) is 18.0. The fourth-order valence-electron chi connectivity index (χ4n) is 3.48. The number of carbonyl (C=O) groups excluding carboxylic acids is 1. The molecular formula is C23H26F2N2O3S. The fourth-order valence-corrected chi connectivity index (χ4v) is 4.18. The number of alkyl halides is 2. The van der Waals surface area contributed by atoms with E-state index in [9.17, 15) is 13.6 Å². The number of halogens is 2. The minimum Gasteiger partial charge on any atom is -0.490 e. The van der Waals surface area contributed by atoms with E-state index in [2.05, 4.69) is 15.4 Å². The fraction of sp³-hybridized carbons (Fsp3) is 0.348. The third kappa shape index (κ3) is 5.44. The number of hydrogen-bond acceptors (Lipinski definition) is 4. The minimum absolute atomic E-state index is 0.0216. The van der Waals surface area contributed by atoms with Gasteiger partial charge in [0.25, 0.3) is 5.91 Å². The Morgan fingerprint density at radius 3 is 2.61 bits per heavy atom. The van der Waals surface area contributed by atoms with E-state index in [-0.39, 0.29) is 17.4 Å². The van der Waals surface area contributed by atoms with Crippen molar-refractivity contribution in [3.8, 4) is 11.5 Å². The lowest BCUT2D eigenvalue weighted by Crippen LogP contribution is -2.26. The molecule has 0 aliphatic heterocycles. The molecular weight excluding hydrogens is 422 g/mol. The van der Waals surface area contributed by atoms with Crippen LogP contribution >= 0.6 is 11.3 Å². The monoisotopic (exact) mass is 448 g/mol. The minimum atomic E-state index is -2.93. The first-order valence-corrected chi connectivity index (χ1v) is 10.8. The highest BCUT2D eigenvalue weighted by Gasteiger charge is 2.20. The van der Waals surface area contributed by atoms with Crippen molar-refractivity contribution in [3.05, 3.63) is 69.2 Å². The van der Waals surface area contributed by atoms with Gasteiger partial charge in [-0.2, -0.15) is 8.78 Å². The highest BCUT2D eigenvalue weighted by Crippen LogP contribution is 2.30. The van der Waals surface area contributed by atoms with Gasteiger partial charge >= 0.3 is 6.61 Å². The maximum atomic E-state index is 13.1. The zero-order chi connectivity index (χ0) is 22.5. The van der Waals surface area contributed by atoms with Crippen molar-refractivity contribution in [2.75, 3.05) is 13.7 Å². The Morgan fingerprint density at radius 1 is 1.19 bits per heavy atom. The number of thiophene rings is 1. The predicted octanol–water partition coefficient (Wildman–Crippen LogP) is 5.49. The molecule has 3 aromatic rings. The van der Waals surface area contributed by atoms with Crippen molar-refractivity contribution < 1.29 is 23.0 Å². The van der Waals surface area contributed by atoms with Crippen molar-refractivity contribution in [3.63, 3.8) is 0 Å². The summed E-state index contributed by atoms with van der Waals surface area (Å²) in [5, 5.41) is 2.04. The Labute approximate surface area is 184 Å². The summed E-state index contributed by atoms with van der Waals surface area (Å²) in [6.45, 7) is 4.13. The Kier molecular flexibility index (Phi) is 7.33. The Morgan fingerprint density at radius 2 is 1.97 bits per heavy atom. The summed E-state index contributed by atoms with van der Waals surface area (Å²) < 4.78 is 37.3.